The van der Waals surface area contributed by atoms with Gasteiger partial charge in [0.1, 0.15) is 12.4 Å². The van der Waals surface area contributed by atoms with Gasteiger partial charge in [0.2, 0.25) is 23.1 Å². The molecule has 0 aliphatic heterocycles. The minimum Gasteiger partial charge on any atom is -0.489 e. The molecular formula is C28H25N3O6. The van der Waals surface area contributed by atoms with E-state index in [1.54, 1.807) is 68.1 Å². The summed E-state index contributed by atoms with van der Waals surface area (Å²) in [6.45, 7) is 1.78. The van der Waals surface area contributed by atoms with Gasteiger partial charge in [-0.25, -0.2) is 0 Å². The Morgan fingerprint density at radius 1 is 0.892 bits per heavy atom. The number of pyridine rings is 2. The zero-order valence-electron chi connectivity index (χ0n) is 20.6. The van der Waals surface area contributed by atoms with Crippen molar-refractivity contribution in [3.05, 3.63) is 107 Å². The van der Waals surface area contributed by atoms with E-state index in [9.17, 15) is 14.4 Å². The van der Waals surface area contributed by atoms with E-state index in [1.807, 2.05) is 6.07 Å². The fourth-order valence-corrected chi connectivity index (χ4v) is 3.88. The van der Waals surface area contributed by atoms with Crippen molar-refractivity contribution >= 4 is 23.2 Å². The van der Waals surface area contributed by atoms with E-state index in [2.05, 4.69) is 15.3 Å². The van der Waals surface area contributed by atoms with Crippen LogP contribution in [0, 0.1) is 0 Å². The molecule has 0 spiro atoms. The third kappa shape index (κ3) is 5.56. The highest BCUT2D eigenvalue weighted by Crippen LogP contribution is 2.30. The lowest BCUT2D eigenvalue weighted by Gasteiger charge is -2.20. The molecule has 0 radical (unpaired) electrons. The highest BCUT2D eigenvalue weighted by molar-refractivity contribution is 6.23. The van der Waals surface area contributed by atoms with Gasteiger partial charge in [-0.2, -0.15) is 0 Å². The van der Waals surface area contributed by atoms with Gasteiger partial charge < -0.3 is 19.5 Å². The van der Waals surface area contributed by atoms with Crippen LogP contribution >= 0.6 is 0 Å². The summed E-state index contributed by atoms with van der Waals surface area (Å²) < 4.78 is 16.2. The fourth-order valence-electron chi connectivity index (χ4n) is 3.88. The molecule has 1 aromatic carbocycles. The molecule has 0 unspecified atom stereocenters. The largest absolute Gasteiger partial charge is 0.489 e. The molecule has 1 aliphatic carbocycles. The van der Waals surface area contributed by atoms with Crippen LogP contribution in [0.2, 0.25) is 0 Å². The molecule has 1 aliphatic rings. The Labute approximate surface area is 213 Å². The number of aromatic nitrogens is 2. The molecule has 0 saturated carbocycles. The summed E-state index contributed by atoms with van der Waals surface area (Å²) in [5.74, 6) is -1.15. The maximum Gasteiger partial charge on any atom is 0.259 e. The summed E-state index contributed by atoms with van der Waals surface area (Å²) in [7, 11) is 2.63. The molecule has 1 amide bonds. The van der Waals surface area contributed by atoms with Gasteiger partial charge in [0, 0.05) is 53.6 Å². The number of ketones is 2. The van der Waals surface area contributed by atoms with Crippen LogP contribution in [0.15, 0.2) is 89.9 Å². The highest BCUT2D eigenvalue weighted by Gasteiger charge is 2.34. The van der Waals surface area contributed by atoms with E-state index in [1.165, 1.54) is 14.2 Å². The number of carbonyl (C=O) groups is 3. The van der Waals surface area contributed by atoms with E-state index in [0.29, 0.717) is 17.0 Å². The SMILES string of the molecule is COC1=C(OC)C(=O)C(Cc2ccc(OCc3cccnc3)c(C(=O)Nc3ccncc3)c2)=C(C)C1=O. The first-order valence-electron chi connectivity index (χ1n) is 11.4. The smallest absolute Gasteiger partial charge is 0.259 e. The minimum atomic E-state index is -0.434. The number of hydrogen-bond acceptors (Lipinski definition) is 8. The zero-order chi connectivity index (χ0) is 26.4. The first kappa shape index (κ1) is 25.3. The Hall–Kier alpha value is -4.79. The lowest BCUT2D eigenvalue weighted by Crippen LogP contribution is -2.26. The van der Waals surface area contributed by atoms with Crippen LogP contribution in [0.25, 0.3) is 0 Å². The molecule has 0 fully saturated rings. The van der Waals surface area contributed by atoms with Crippen molar-refractivity contribution in [1.29, 1.82) is 0 Å². The first-order valence-corrected chi connectivity index (χ1v) is 11.4. The van der Waals surface area contributed by atoms with E-state index >= 15 is 0 Å². The van der Waals surface area contributed by atoms with E-state index in [4.69, 9.17) is 14.2 Å². The van der Waals surface area contributed by atoms with Crippen molar-refractivity contribution in [2.75, 3.05) is 19.5 Å². The molecule has 9 nitrogen and oxygen atoms in total. The van der Waals surface area contributed by atoms with Crippen LogP contribution in [0.4, 0.5) is 5.69 Å². The lowest BCUT2D eigenvalue weighted by molar-refractivity contribution is -0.121. The van der Waals surface area contributed by atoms with Crippen molar-refractivity contribution in [3.63, 3.8) is 0 Å². The molecule has 2 aromatic heterocycles. The van der Waals surface area contributed by atoms with Crippen LogP contribution < -0.4 is 10.1 Å². The van der Waals surface area contributed by atoms with E-state index in [-0.39, 0.29) is 41.3 Å². The van der Waals surface area contributed by atoms with Gasteiger partial charge in [-0.3, -0.25) is 24.4 Å². The Balaban J connectivity index is 1.66. The summed E-state index contributed by atoms with van der Waals surface area (Å²) >= 11 is 0. The second-order valence-corrected chi connectivity index (χ2v) is 8.18. The molecule has 0 saturated heterocycles. The third-order valence-electron chi connectivity index (χ3n) is 5.82. The van der Waals surface area contributed by atoms with Gasteiger partial charge in [-0.15, -0.1) is 0 Å². The number of hydrogen-bond donors (Lipinski definition) is 1. The van der Waals surface area contributed by atoms with Gasteiger partial charge in [-0.1, -0.05) is 12.1 Å². The number of rotatable bonds is 9. The summed E-state index contributed by atoms with van der Waals surface area (Å²) in [5, 5.41) is 2.83. The summed E-state index contributed by atoms with van der Waals surface area (Å²) in [6, 6.07) is 12.1. The second-order valence-electron chi connectivity index (χ2n) is 8.18. The topological polar surface area (TPSA) is 117 Å². The molecule has 9 heteroatoms. The maximum atomic E-state index is 13.3. The third-order valence-corrected chi connectivity index (χ3v) is 5.82. The number of methoxy groups -OCH3 is 2. The molecule has 2 heterocycles. The molecule has 188 valence electrons. The van der Waals surface area contributed by atoms with Crippen LogP contribution in [0.5, 0.6) is 5.75 Å². The van der Waals surface area contributed by atoms with E-state index < -0.39 is 17.5 Å². The monoisotopic (exact) mass is 499 g/mol. The zero-order valence-corrected chi connectivity index (χ0v) is 20.6. The van der Waals surface area contributed by atoms with Crippen LogP contribution in [0.3, 0.4) is 0 Å². The molecule has 1 N–H and O–H groups in total. The van der Waals surface area contributed by atoms with Crippen molar-refractivity contribution in [3.8, 4) is 5.75 Å². The minimum absolute atomic E-state index is 0.110. The van der Waals surface area contributed by atoms with Gasteiger partial charge in [0.25, 0.3) is 5.91 Å². The average Bonchev–Trinajstić information content (AvgIpc) is 2.93. The van der Waals surface area contributed by atoms with Crippen LogP contribution in [-0.4, -0.2) is 41.7 Å². The van der Waals surface area contributed by atoms with Crippen molar-refractivity contribution in [2.24, 2.45) is 0 Å². The molecule has 0 bridgehead atoms. The Bertz CT molecular complexity index is 1400. The summed E-state index contributed by atoms with van der Waals surface area (Å²) in [6.07, 6.45) is 6.60. The first-order chi connectivity index (χ1) is 17.9. The Kier molecular flexibility index (Phi) is 7.73. The fraction of sp³-hybridized carbons (Fsp3) is 0.179. The predicted octanol–water partition coefficient (Wildman–Crippen LogP) is 3.82. The van der Waals surface area contributed by atoms with Crippen LogP contribution in [0.1, 0.15) is 28.4 Å². The number of carbonyl (C=O) groups excluding carboxylic acids is 3. The van der Waals surface area contributed by atoms with Gasteiger partial charge in [0.15, 0.2) is 0 Å². The number of anilines is 1. The lowest BCUT2D eigenvalue weighted by atomic mass is 9.88. The Morgan fingerprint density at radius 2 is 1.62 bits per heavy atom. The number of amides is 1. The van der Waals surface area contributed by atoms with Gasteiger partial charge >= 0.3 is 0 Å². The van der Waals surface area contributed by atoms with E-state index in [0.717, 1.165) is 5.56 Å². The maximum absolute atomic E-state index is 13.3. The molecular weight excluding hydrogens is 474 g/mol. The number of nitrogens with zero attached hydrogens (tertiary/aromatic N) is 2. The molecule has 4 rings (SSSR count). The summed E-state index contributed by atoms with van der Waals surface area (Å²) in [5.41, 5.74) is 2.85. The average molecular weight is 500 g/mol. The van der Waals surface area contributed by atoms with Crippen molar-refractivity contribution in [2.45, 2.75) is 20.0 Å². The predicted molar refractivity (Wildman–Crippen MR) is 135 cm³/mol. The Morgan fingerprint density at radius 3 is 2.30 bits per heavy atom. The highest BCUT2D eigenvalue weighted by atomic mass is 16.5. The number of Topliss-reactive ketones (excluding diaryl/α,β-unsaturated/α-hetero) is 2. The normalized spacial score (nSPS) is 13.5. The number of allylic oxidation sites excluding steroid dienone is 2. The molecule has 0 atom stereocenters. The number of nitrogens with one attached hydrogen (secondary N) is 1. The standard InChI is InChI=1S/C28H25N3O6/c1-17-21(25(33)27(36-3)26(35-2)24(17)32)13-18-6-7-23(37-16-19-5-4-10-30-15-19)22(14-18)28(34)31-20-8-11-29-12-9-20/h4-12,14-15H,13,16H2,1-3H3,(H,29,31,34). The van der Waals surface area contributed by atoms with Crippen molar-refractivity contribution in [1.82, 2.24) is 9.97 Å². The van der Waals surface area contributed by atoms with Crippen LogP contribution in [-0.2, 0) is 32.1 Å². The second kappa shape index (κ2) is 11.3. The van der Waals surface area contributed by atoms with Gasteiger partial charge in [-0.05, 0) is 42.8 Å². The number of benzene rings is 1. The molecule has 37 heavy (non-hydrogen) atoms. The number of ether oxygens (including phenoxy) is 3. The summed E-state index contributed by atoms with van der Waals surface area (Å²) in [4.78, 5) is 47.1. The molecule has 3 aromatic rings. The van der Waals surface area contributed by atoms with Gasteiger partial charge in [0.05, 0.1) is 19.8 Å². The quantitative estimate of drug-likeness (QED) is 0.442. The van der Waals surface area contributed by atoms with Crippen molar-refractivity contribution < 1.29 is 28.6 Å².